The molecule has 0 atom stereocenters. The molecule has 6 nitrogen and oxygen atoms in total. The van der Waals surface area contributed by atoms with E-state index in [1.165, 1.54) is 31.0 Å². The molecule has 0 aromatic carbocycles. The number of primary amides is 1. The number of rotatable bonds is 5. The molecule has 1 aliphatic carbocycles. The molecule has 1 saturated carbocycles. The van der Waals surface area contributed by atoms with Gasteiger partial charge in [-0.3, -0.25) is 4.79 Å². The topological polar surface area (TPSA) is 86.7 Å². The minimum Gasteiger partial charge on any atom is -0.370 e. The highest BCUT2D eigenvalue weighted by molar-refractivity contribution is 7.99. The van der Waals surface area contributed by atoms with E-state index in [2.05, 4.69) is 15.5 Å². The first-order valence-electron chi connectivity index (χ1n) is 5.96. The monoisotopic (exact) mass is 255 g/mol. The van der Waals surface area contributed by atoms with E-state index in [1.807, 2.05) is 4.68 Å². The van der Waals surface area contributed by atoms with Crippen LogP contribution < -0.4 is 5.73 Å². The smallest absolute Gasteiger partial charge is 0.218 e. The van der Waals surface area contributed by atoms with Crippen LogP contribution in [0.4, 0.5) is 0 Å². The molecule has 0 radical (unpaired) electrons. The van der Waals surface area contributed by atoms with Crippen molar-refractivity contribution in [2.75, 3.05) is 5.75 Å². The summed E-state index contributed by atoms with van der Waals surface area (Å²) in [5.41, 5.74) is 5.10. The zero-order chi connectivity index (χ0) is 12.1. The molecule has 0 unspecified atom stereocenters. The predicted molar refractivity (Wildman–Crippen MR) is 64.5 cm³/mol. The molecule has 1 aromatic rings. The number of nitrogens with zero attached hydrogens (tertiary/aromatic N) is 4. The second-order valence-corrected chi connectivity index (χ2v) is 5.32. The van der Waals surface area contributed by atoms with Gasteiger partial charge in [0.1, 0.15) is 0 Å². The fourth-order valence-electron chi connectivity index (χ4n) is 2.08. The highest BCUT2D eigenvalue weighted by atomic mass is 32.2. The van der Waals surface area contributed by atoms with Gasteiger partial charge in [-0.1, -0.05) is 31.0 Å². The number of thioether (sulfide) groups is 1. The van der Waals surface area contributed by atoms with Crippen molar-refractivity contribution in [2.24, 2.45) is 5.73 Å². The van der Waals surface area contributed by atoms with Crippen molar-refractivity contribution in [1.29, 1.82) is 0 Å². The predicted octanol–water partition coefficient (Wildman–Crippen LogP) is 1.15. The summed E-state index contributed by atoms with van der Waals surface area (Å²) in [6.45, 7) is 0. The van der Waals surface area contributed by atoms with Crippen molar-refractivity contribution in [3.63, 3.8) is 0 Å². The molecule has 0 bridgehead atoms. The summed E-state index contributed by atoms with van der Waals surface area (Å²) in [5, 5.41) is 12.6. The Morgan fingerprint density at radius 1 is 1.41 bits per heavy atom. The molecule has 1 aliphatic rings. The van der Waals surface area contributed by atoms with E-state index in [0.717, 1.165) is 18.0 Å². The molecule has 0 spiro atoms. The van der Waals surface area contributed by atoms with Gasteiger partial charge in [0, 0.05) is 12.2 Å². The summed E-state index contributed by atoms with van der Waals surface area (Å²) in [6.07, 6.45) is 6.46. The minimum absolute atomic E-state index is 0.283. The summed E-state index contributed by atoms with van der Waals surface area (Å²) in [5.74, 6) is 0.358. The van der Waals surface area contributed by atoms with Crippen LogP contribution in [0.5, 0.6) is 0 Å². The van der Waals surface area contributed by atoms with Crippen LogP contribution in [-0.4, -0.2) is 31.9 Å². The molecule has 1 heterocycles. The Morgan fingerprint density at radius 2 is 2.18 bits per heavy atom. The standard InChI is InChI=1S/C10H17N5OS/c11-9(16)6-7-17-10-12-13-14-15(10)8-4-2-1-3-5-8/h8H,1-7H2,(H2,11,16). The maximum absolute atomic E-state index is 10.7. The number of nitrogens with two attached hydrogens (primary N) is 1. The van der Waals surface area contributed by atoms with E-state index in [-0.39, 0.29) is 5.91 Å². The van der Waals surface area contributed by atoms with Gasteiger partial charge < -0.3 is 5.73 Å². The highest BCUT2D eigenvalue weighted by Gasteiger charge is 2.20. The molecule has 2 rings (SSSR count). The maximum Gasteiger partial charge on any atom is 0.218 e. The molecule has 94 valence electrons. The number of hydrogen-bond donors (Lipinski definition) is 1. The Morgan fingerprint density at radius 3 is 2.88 bits per heavy atom. The van der Waals surface area contributed by atoms with Gasteiger partial charge in [-0.05, 0) is 23.3 Å². The van der Waals surface area contributed by atoms with Crippen molar-refractivity contribution in [1.82, 2.24) is 20.2 Å². The molecule has 1 fully saturated rings. The SMILES string of the molecule is NC(=O)CCSc1nnnn1C1CCCCC1. The van der Waals surface area contributed by atoms with E-state index in [4.69, 9.17) is 5.73 Å². The molecular weight excluding hydrogens is 238 g/mol. The van der Waals surface area contributed by atoms with Crippen LogP contribution in [-0.2, 0) is 4.79 Å². The zero-order valence-electron chi connectivity index (χ0n) is 9.71. The van der Waals surface area contributed by atoms with Gasteiger partial charge in [0.05, 0.1) is 6.04 Å². The van der Waals surface area contributed by atoms with Crippen LogP contribution in [0.2, 0.25) is 0 Å². The number of amides is 1. The van der Waals surface area contributed by atoms with Crippen LogP contribution in [0.1, 0.15) is 44.6 Å². The van der Waals surface area contributed by atoms with Crippen molar-refractivity contribution >= 4 is 17.7 Å². The van der Waals surface area contributed by atoms with Gasteiger partial charge in [0.25, 0.3) is 0 Å². The van der Waals surface area contributed by atoms with Gasteiger partial charge in [0.2, 0.25) is 11.1 Å². The van der Waals surface area contributed by atoms with E-state index < -0.39 is 0 Å². The summed E-state index contributed by atoms with van der Waals surface area (Å²) < 4.78 is 1.91. The fourth-order valence-corrected chi connectivity index (χ4v) is 2.98. The van der Waals surface area contributed by atoms with Gasteiger partial charge >= 0.3 is 0 Å². The third kappa shape index (κ3) is 3.42. The molecule has 0 aliphatic heterocycles. The Balaban J connectivity index is 1.93. The largest absolute Gasteiger partial charge is 0.370 e. The fraction of sp³-hybridized carbons (Fsp3) is 0.800. The van der Waals surface area contributed by atoms with E-state index in [9.17, 15) is 4.79 Å². The van der Waals surface area contributed by atoms with Crippen LogP contribution in [0.3, 0.4) is 0 Å². The van der Waals surface area contributed by atoms with Crippen molar-refractivity contribution in [3.05, 3.63) is 0 Å². The van der Waals surface area contributed by atoms with Gasteiger partial charge in [-0.25, -0.2) is 4.68 Å². The van der Waals surface area contributed by atoms with E-state index in [1.54, 1.807) is 0 Å². The number of hydrogen-bond acceptors (Lipinski definition) is 5. The van der Waals surface area contributed by atoms with Crippen molar-refractivity contribution in [2.45, 2.75) is 49.7 Å². The van der Waals surface area contributed by atoms with E-state index in [0.29, 0.717) is 18.2 Å². The number of carbonyl (C=O) groups is 1. The second kappa shape index (κ2) is 6.00. The Labute approximate surface area is 104 Å². The highest BCUT2D eigenvalue weighted by Crippen LogP contribution is 2.30. The third-order valence-electron chi connectivity index (χ3n) is 2.96. The lowest BCUT2D eigenvalue weighted by Crippen LogP contribution is -2.16. The lowest BCUT2D eigenvalue weighted by molar-refractivity contribution is -0.117. The lowest BCUT2D eigenvalue weighted by Gasteiger charge is -2.21. The maximum atomic E-state index is 10.7. The molecule has 2 N–H and O–H groups in total. The van der Waals surface area contributed by atoms with Crippen LogP contribution >= 0.6 is 11.8 Å². The molecule has 0 saturated heterocycles. The summed E-state index contributed by atoms with van der Waals surface area (Å²) in [4.78, 5) is 10.7. The van der Waals surface area contributed by atoms with Crippen molar-refractivity contribution in [3.8, 4) is 0 Å². The van der Waals surface area contributed by atoms with Crippen LogP contribution in [0.25, 0.3) is 0 Å². The molecule has 1 amide bonds. The number of carbonyl (C=O) groups excluding carboxylic acids is 1. The summed E-state index contributed by atoms with van der Waals surface area (Å²) in [6, 6.07) is 0.426. The van der Waals surface area contributed by atoms with E-state index >= 15 is 0 Å². The molecule has 1 aromatic heterocycles. The van der Waals surface area contributed by atoms with Gasteiger partial charge in [-0.2, -0.15) is 0 Å². The second-order valence-electron chi connectivity index (χ2n) is 4.26. The summed E-state index contributed by atoms with van der Waals surface area (Å²) in [7, 11) is 0. The first-order valence-corrected chi connectivity index (χ1v) is 6.95. The first kappa shape index (κ1) is 12.3. The number of aromatic nitrogens is 4. The average Bonchev–Trinajstić information content (AvgIpc) is 2.78. The average molecular weight is 255 g/mol. The van der Waals surface area contributed by atoms with Crippen LogP contribution in [0, 0.1) is 0 Å². The molecular formula is C10H17N5OS. The number of tetrazole rings is 1. The zero-order valence-corrected chi connectivity index (χ0v) is 10.5. The van der Waals surface area contributed by atoms with Crippen molar-refractivity contribution < 1.29 is 4.79 Å². The Hall–Kier alpha value is -1.11. The quantitative estimate of drug-likeness (QED) is 0.797. The van der Waals surface area contributed by atoms with Crippen LogP contribution in [0.15, 0.2) is 5.16 Å². The Kier molecular flexibility index (Phi) is 4.36. The molecule has 7 heteroatoms. The molecule has 17 heavy (non-hydrogen) atoms. The lowest BCUT2D eigenvalue weighted by atomic mass is 9.96. The third-order valence-corrected chi connectivity index (χ3v) is 3.90. The minimum atomic E-state index is -0.283. The first-order chi connectivity index (χ1) is 8.27. The Bertz CT molecular complexity index is 375. The van der Waals surface area contributed by atoms with Gasteiger partial charge in [0.15, 0.2) is 0 Å². The van der Waals surface area contributed by atoms with Gasteiger partial charge in [-0.15, -0.1) is 5.10 Å². The normalized spacial score (nSPS) is 17.2. The summed E-state index contributed by atoms with van der Waals surface area (Å²) >= 11 is 1.50.